The van der Waals surface area contributed by atoms with E-state index < -0.39 is 0 Å². The quantitative estimate of drug-likeness (QED) is 0.717. The van der Waals surface area contributed by atoms with Gasteiger partial charge in [0.15, 0.2) is 5.82 Å². The van der Waals surface area contributed by atoms with E-state index >= 15 is 0 Å². The fourth-order valence-electron chi connectivity index (χ4n) is 1.61. The Kier molecular flexibility index (Phi) is 3.01. The number of amides is 1. The fraction of sp³-hybridized carbons (Fsp3) is 0.308. The number of carbonyl (C=O) groups is 1. The maximum absolute atomic E-state index is 12.2. The van der Waals surface area contributed by atoms with Crippen LogP contribution in [0.2, 0.25) is 0 Å². The van der Waals surface area contributed by atoms with Crippen molar-refractivity contribution in [3.05, 3.63) is 22.5 Å². The summed E-state index contributed by atoms with van der Waals surface area (Å²) >= 11 is 0. The van der Waals surface area contributed by atoms with Gasteiger partial charge in [0.2, 0.25) is 0 Å². The van der Waals surface area contributed by atoms with Crippen LogP contribution in [0.25, 0.3) is 24.7 Å². The third kappa shape index (κ3) is 2.73. The molecule has 2 aromatic rings. The zero-order valence-corrected chi connectivity index (χ0v) is 11.3. The summed E-state index contributed by atoms with van der Waals surface area (Å²) in [4.78, 5) is 19.3. The molecule has 19 heavy (non-hydrogen) atoms. The highest BCUT2D eigenvalue weighted by Gasteiger charge is 2.21. The molecule has 2 rings (SSSR count). The lowest BCUT2D eigenvalue weighted by atomic mass is 10.1. The van der Waals surface area contributed by atoms with Gasteiger partial charge in [0, 0.05) is 5.54 Å². The molecule has 0 saturated heterocycles. The van der Waals surface area contributed by atoms with Gasteiger partial charge in [0.25, 0.3) is 5.91 Å². The second kappa shape index (κ2) is 4.38. The molecule has 6 nitrogen and oxygen atoms in total. The van der Waals surface area contributed by atoms with Crippen LogP contribution in [0.4, 0.5) is 0 Å². The Morgan fingerprint density at radius 3 is 2.58 bits per heavy atom. The summed E-state index contributed by atoms with van der Waals surface area (Å²) in [6.07, 6.45) is 1.48. The van der Waals surface area contributed by atoms with E-state index in [9.17, 15) is 4.79 Å². The average Bonchev–Trinajstić information content (AvgIpc) is 2.83. The van der Waals surface area contributed by atoms with Crippen molar-refractivity contribution < 1.29 is 4.79 Å². The predicted octanol–water partition coefficient (Wildman–Crippen LogP) is 0.149. The first-order chi connectivity index (χ1) is 8.78. The maximum atomic E-state index is 12.2. The van der Waals surface area contributed by atoms with Gasteiger partial charge in [0.1, 0.15) is 5.69 Å². The van der Waals surface area contributed by atoms with Crippen LogP contribution in [-0.4, -0.2) is 31.6 Å². The van der Waals surface area contributed by atoms with Crippen LogP contribution >= 0.6 is 0 Å². The van der Waals surface area contributed by atoms with E-state index in [0.717, 1.165) is 0 Å². The smallest absolute Gasteiger partial charge is 0.255 e. The highest BCUT2D eigenvalue weighted by atomic mass is 16.1. The van der Waals surface area contributed by atoms with E-state index in [1.165, 1.54) is 6.20 Å². The number of aromatic amines is 2. The van der Waals surface area contributed by atoms with Crippen LogP contribution in [-0.2, 0) is 0 Å². The van der Waals surface area contributed by atoms with E-state index in [1.54, 1.807) is 0 Å². The lowest BCUT2D eigenvalue weighted by Gasteiger charge is -2.20. The topological polar surface area (TPSA) is 86.5 Å². The molecule has 2 aromatic heterocycles. The number of aromatic nitrogens is 4. The average molecular weight is 259 g/mol. The molecule has 0 spiro atoms. The van der Waals surface area contributed by atoms with E-state index in [4.69, 9.17) is 0 Å². The van der Waals surface area contributed by atoms with Crippen molar-refractivity contribution in [1.29, 1.82) is 0 Å². The SMILES string of the molecule is C=c1nc(-c2[nH]ncc2C(=O)NC(C)(C)C)[nH]c1=C. The van der Waals surface area contributed by atoms with Crippen molar-refractivity contribution in [2.24, 2.45) is 0 Å². The third-order valence-corrected chi connectivity index (χ3v) is 2.47. The number of hydrogen-bond acceptors (Lipinski definition) is 3. The minimum Gasteiger partial charge on any atom is -0.347 e. The summed E-state index contributed by atoms with van der Waals surface area (Å²) < 4.78 is 0. The molecule has 100 valence electrons. The van der Waals surface area contributed by atoms with Gasteiger partial charge in [-0.15, -0.1) is 0 Å². The van der Waals surface area contributed by atoms with Gasteiger partial charge >= 0.3 is 0 Å². The first-order valence-electron chi connectivity index (χ1n) is 5.88. The first-order valence-corrected chi connectivity index (χ1v) is 5.88. The van der Waals surface area contributed by atoms with Crippen LogP contribution < -0.4 is 16.0 Å². The summed E-state index contributed by atoms with van der Waals surface area (Å²) in [5.41, 5.74) is 0.647. The molecule has 0 atom stereocenters. The molecule has 0 aromatic carbocycles. The summed E-state index contributed by atoms with van der Waals surface area (Å²) in [6.45, 7) is 13.3. The van der Waals surface area contributed by atoms with Crippen molar-refractivity contribution in [1.82, 2.24) is 25.5 Å². The zero-order chi connectivity index (χ0) is 14.2. The second-order valence-corrected chi connectivity index (χ2v) is 5.37. The van der Waals surface area contributed by atoms with Crippen molar-refractivity contribution in [3.63, 3.8) is 0 Å². The van der Waals surface area contributed by atoms with Gasteiger partial charge in [0.05, 0.1) is 22.5 Å². The Balaban J connectivity index is 2.40. The molecule has 0 aliphatic carbocycles. The van der Waals surface area contributed by atoms with Crippen LogP contribution in [0, 0.1) is 0 Å². The highest BCUT2D eigenvalue weighted by Crippen LogP contribution is 2.15. The molecule has 0 saturated carbocycles. The maximum Gasteiger partial charge on any atom is 0.255 e. The Hall–Kier alpha value is -2.37. The number of H-pyrrole nitrogens is 2. The lowest BCUT2D eigenvalue weighted by molar-refractivity contribution is 0.0920. The predicted molar refractivity (Wildman–Crippen MR) is 73.7 cm³/mol. The van der Waals surface area contributed by atoms with Crippen LogP contribution in [0.15, 0.2) is 6.20 Å². The minimum absolute atomic E-state index is 0.205. The molecule has 1 amide bonds. The van der Waals surface area contributed by atoms with Gasteiger partial charge in [-0.05, 0) is 20.8 Å². The Bertz CT molecular complexity index is 677. The molecule has 2 heterocycles. The first kappa shape index (κ1) is 13.1. The normalized spacial score (nSPS) is 11.5. The standard InChI is InChI=1S/C13H17N5O/c1-7-8(2)16-11(15-7)10-9(6-14-18-10)12(19)17-13(3,4)5/h6H,1-2H2,3-5H3,(H,14,18)(H,15,16)(H,17,19). The number of nitrogens with zero attached hydrogens (tertiary/aromatic N) is 2. The fourth-order valence-corrected chi connectivity index (χ4v) is 1.61. The molecule has 0 bridgehead atoms. The third-order valence-electron chi connectivity index (χ3n) is 2.47. The number of carbonyl (C=O) groups excluding carboxylic acids is 1. The largest absolute Gasteiger partial charge is 0.347 e. The van der Waals surface area contributed by atoms with Crippen molar-refractivity contribution in [3.8, 4) is 11.5 Å². The van der Waals surface area contributed by atoms with Crippen molar-refractivity contribution >= 4 is 19.1 Å². The molecule has 3 N–H and O–H groups in total. The zero-order valence-electron chi connectivity index (χ0n) is 11.3. The second-order valence-electron chi connectivity index (χ2n) is 5.37. The molecule has 6 heteroatoms. The monoisotopic (exact) mass is 259 g/mol. The summed E-state index contributed by atoms with van der Waals surface area (Å²) in [5, 5.41) is 10.7. The minimum atomic E-state index is -0.316. The molecule has 0 fully saturated rings. The van der Waals surface area contributed by atoms with Crippen LogP contribution in [0.3, 0.4) is 0 Å². The molecule has 0 unspecified atom stereocenters. The Morgan fingerprint density at radius 2 is 2.05 bits per heavy atom. The number of hydrogen-bond donors (Lipinski definition) is 3. The van der Waals surface area contributed by atoms with Gasteiger partial charge < -0.3 is 10.3 Å². The number of imidazole rings is 1. The van der Waals surface area contributed by atoms with Crippen molar-refractivity contribution in [2.75, 3.05) is 0 Å². The number of nitrogens with one attached hydrogen (secondary N) is 3. The van der Waals surface area contributed by atoms with E-state index in [1.807, 2.05) is 20.8 Å². The van der Waals surface area contributed by atoms with Gasteiger partial charge in [-0.3, -0.25) is 9.89 Å². The molecular weight excluding hydrogens is 242 g/mol. The molecule has 0 radical (unpaired) electrons. The lowest BCUT2D eigenvalue weighted by Crippen LogP contribution is -2.40. The molecule has 0 aliphatic heterocycles. The molecule has 0 aliphatic rings. The van der Waals surface area contributed by atoms with Gasteiger partial charge in [-0.1, -0.05) is 13.2 Å². The summed E-state index contributed by atoms with van der Waals surface area (Å²) in [7, 11) is 0. The highest BCUT2D eigenvalue weighted by molar-refractivity contribution is 5.99. The van der Waals surface area contributed by atoms with Crippen LogP contribution in [0.1, 0.15) is 31.1 Å². The van der Waals surface area contributed by atoms with Crippen molar-refractivity contribution in [2.45, 2.75) is 26.3 Å². The van der Waals surface area contributed by atoms with E-state index in [0.29, 0.717) is 27.8 Å². The molecular formula is C13H17N5O. The number of rotatable bonds is 2. The van der Waals surface area contributed by atoms with E-state index in [-0.39, 0.29) is 11.4 Å². The summed E-state index contributed by atoms with van der Waals surface area (Å²) in [6, 6.07) is 0. The Morgan fingerprint density at radius 1 is 1.37 bits per heavy atom. The summed E-state index contributed by atoms with van der Waals surface area (Å²) in [5.74, 6) is 0.301. The van der Waals surface area contributed by atoms with Crippen LogP contribution in [0.5, 0.6) is 0 Å². The Labute approximate surface area is 110 Å². The van der Waals surface area contributed by atoms with Gasteiger partial charge in [-0.2, -0.15) is 5.10 Å². The van der Waals surface area contributed by atoms with E-state index in [2.05, 4.69) is 38.6 Å². The van der Waals surface area contributed by atoms with Gasteiger partial charge in [-0.25, -0.2) is 4.98 Å².